The van der Waals surface area contributed by atoms with Crippen LogP contribution in [0.2, 0.25) is 0 Å². The van der Waals surface area contributed by atoms with Crippen molar-refractivity contribution in [2.45, 2.75) is 44.1 Å². The predicted molar refractivity (Wildman–Crippen MR) is 46.8 cm³/mol. The summed E-state index contributed by atoms with van der Waals surface area (Å²) in [6.07, 6.45) is -3.43. The van der Waals surface area contributed by atoms with Crippen LogP contribution in [0.15, 0.2) is 0 Å². The van der Waals surface area contributed by atoms with Crippen LogP contribution in [-0.2, 0) is 19.0 Å². The SMILES string of the molecule is CC1(C)OC2C(=O)O[C@@H](C(O)CO)C2O1. The molecule has 86 valence electrons. The van der Waals surface area contributed by atoms with E-state index in [0.717, 1.165) is 0 Å². The van der Waals surface area contributed by atoms with Crippen molar-refractivity contribution in [1.82, 2.24) is 0 Å². The van der Waals surface area contributed by atoms with E-state index in [1.807, 2.05) is 0 Å². The maximum Gasteiger partial charge on any atom is 0.338 e. The number of carbonyl (C=O) groups is 1. The summed E-state index contributed by atoms with van der Waals surface area (Å²) < 4.78 is 15.6. The second kappa shape index (κ2) is 3.41. The Morgan fingerprint density at radius 1 is 1.47 bits per heavy atom. The molecule has 2 rings (SSSR count). The Kier molecular flexibility index (Phi) is 2.46. The fourth-order valence-electron chi connectivity index (χ4n) is 1.88. The van der Waals surface area contributed by atoms with E-state index in [9.17, 15) is 9.90 Å². The minimum Gasteiger partial charge on any atom is -0.455 e. The van der Waals surface area contributed by atoms with Gasteiger partial charge in [-0.15, -0.1) is 0 Å². The lowest BCUT2D eigenvalue weighted by atomic mass is 10.1. The van der Waals surface area contributed by atoms with Gasteiger partial charge in [-0.25, -0.2) is 4.79 Å². The number of hydrogen-bond acceptors (Lipinski definition) is 6. The molecule has 2 saturated heterocycles. The van der Waals surface area contributed by atoms with E-state index < -0.39 is 42.8 Å². The Bertz CT molecular complexity index is 276. The molecule has 0 aromatic heterocycles. The van der Waals surface area contributed by atoms with Crippen molar-refractivity contribution in [3.05, 3.63) is 0 Å². The first-order valence-corrected chi connectivity index (χ1v) is 4.79. The van der Waals surface area contributed by atoms with E-state index in [2.05, 4.69) is 0 Å². The Morgan fingerprint density at radius 2 is 2.13 bits per heavy atom. The molecule has 2 heterocycles. The molecule has 2 aliphatic rings. The summed E-state index contributed by atoms with van der Waals surface area (Å²) in [6, 6.07) is 0. The standard InChI is InChI=1S/C9H14O6/c1-9(2)14-6-5(4(11)3-10)13-8(12)7(6)15-9/h4-7,10-11H,3H2,1-2H3/t4?,5-,6?,7?/m0/s1. The fraction of sp³-hybridized carbons (Fsp3) is 0.889. The molecule has 0 aromatic carbocycles. The monoisotopic (exact) mass is 218 g/mol. The van der Waals surface area contributed by atoms with Gasteiger partial charge < -0.3 is 24.4 Å². The molecule has 0 aliphatic carbocycles. The number of esters is 1. The maximum atomic E-state index is 11.4. The molecule has 0 saturated carbocycles. The van der Waals surface area contributed by atoms with Crippen LogP contribution in [0.1, 0.15) is 13.8 Å². The second-order valence-electron chi connectivity index (χ2n) is 4.17. The lowest BCUT2D eigenvalue weighted by Crippen LogP contribution is -2.40. The van der Waals surface area contributed by atoms with Crippen molar-refractivity contribution < 1.29 is 29.2 Å². The van der Waals surface area contributed by atoms with Gasteiger partial charge in [-0.1, -0.05) is 0 Å². The van der Waals surface area contributed by atoms with Gasteiger partial charge in [-0.3, -0.25) is 0 Å². The Balaban J connectivity index is 2.16. The summed E-state index contributed by atoms with van der Waals surface area (Å²) in [5.41, 5.74) is 0. The minimum atomic E-state index is -1.14. The van der Waals surface area contributed by atoms with Crippen molar-refractivity contribution in [3.8, 4) is 0 Å². The zero-order valence-corrected chi connectivity index (χ0v) is 8.54. The van der Waals surface area contributed by atoms with Crippen LogP contribution < -0.4 is 0 Å². The third-order valence-electron chi connectivity index (χ3n) is 2.50. The smallest absolute Gasteiger partial charge is 0.338 e. The van der Waals surface area contributed by atoms with Gasteiger partial charge in [0, 0.05) is 0 Å². The fourth-order valence-corrected chi connectivity index (χ4v) is 1.88. The maximum absolute atomic E-state index is 11.4. The number of ether oxygens (including phenoxy) is 3. The number of rotatable bonds is 2. The summed E-state index contributed by atoms with van der Waals surface area (Å²) in [7, 11) is 0. The van der Waals surface area contributed by atoms with Crippen LogP contribution in [-0.4, -0.2) is 53.0 Å². The molecule has 0 amide bonds. The van der Waals surface area contributed by atoms with Gasteiger partial charge in [0.1, 0.15) is 12.2 Å². The van der Waals surface area contributed by atoms with Crippen molar-refractivity contribution in [3.63, 3.8) is 0 Å². The molecule has 15 heavy (non-hydrogen) atoms. The van der Waals surface area contributed by atoms with Crippen LogP contribution >= 0.6 is 0 Å². The third-order valence-corrected chi connectivity index (χ3v) is 2.50. The lowest BCUT2D eigenvalue weighted by molar-refractivity contribution is -0.195. The normalized spacial score (nSPS) is 40.0. The molecule has 0 radical (unpaired) electrons. The van der Waals surface area contributed by atoms with Crippen LogP contribution in [0, 0.1) is 0 Å². The average Bonchev–Trinajstić information content (AvgIpc) is 2.61. The highest BCUT2D eigenvalue weighted by Crippen LogP contribution is 2.36. The van der Waals surface area contributed by atoms with Gasteiger partial charge in [0.05, 0.1) is 6.61 Å². The highest BCUT2D eigenvalue weighted by Gasteiger charge is 2.57. The first kappa shape index (κ1) is 10.8. The summed E-state index contributed by atoms with van der Waals surface area (Å²) in [6.45, 7) is 2.88. The summed E-state index contributed by atoms with van der Waals surface area (Å²) in [4.78, 5) is 11.4. The summed E-state index contributed by atoms with van der Waals surface area (Å²) in [5, 5.41) is 18.2. The lowest BCUT2D eigenvalue weighted by Gasteiger charge is -2.23. The Morgan fingerprint density at radius 3 is 2.73 bits per heavy atom. The Labute approximate surface area is 86.7 Å². The van der Waals surface area contributed by atoms with Crippen LogP contribution in [0.4, 0.5) is 0 Å². The third kappa shape index (κ3) is 1.74. The zero-order chi connectivity index (χ0) is 11.2. The quantitative estimate of drug-likeness (QED) is 0.565. The molecule has 6 nitrogen and oxygen atoms in total. The molecule has 0 bridgehead atoms. The predicted octanol–water partition coefficient (Wildman–Crippen LogP) is -1.21. The molecule has 2 fully saturated rings. The number of carbonyl (C=O) groups excluding carboxylic acids is 1. The number of cyclic esters (lactones) is 1. The minimum absolute atomic E-state index is 0.481. The topological polar surface area (TPSA) is 85.2 Å². The molecule has 0 aromatic rings. The zero-order valence-electron chi connectivity index (χ0n) is 8.54. The van der Waals surface area contributed by atoms with Crippen LogP contribution in [0.25, 0.3) is 0 Å². The van der Waals surface area contributed by atoms with Gasteiger partial charge >= 0.3 is 5.97 Å². The number of fused-ring (bicyclic) bond motifs is 1. The highest BCUT2D eigenvalue weighted by atomic mass is 16.8. The van der Waals surface area contributed by atoms with Crippen molar-refractivity contribution in [2.75, 3.05) is 6.61 Å². The molecule has 0 spiro atoms. The summed E-state index contributed by atoms with van der Waals surface area (Å²) >= 11 is 0. The molecule has 3 unspecified atom stereocenters. The Hall–Kier alpha value is -0.690. The van der Waals surface area contributed by atoms with E-state index in [-0.39, 0.29) is 0 Å². The molecule has 6 heteroatoms. The molecular weight excluding hydrogens is 204 g/mol. The van der Waals surface area contributed by atoms with Gasteiger partial charge in [0.2, 0.25) is 0 Å². The van der Waals surface area contributed by atoms with Crippen LogP contribution in [0.5, 0.6) is 0 Å². The molecule has 2 aliphatic heterocycles. The number of aliphatic hydroxyl groups excluding tert-OH is 2. The molecule has 4 atom stereocenters. The van der Waals surface area contributed by atoms with Gasteiger partial charge in [-0.2, -0.15) is 0 Å². The first-order valence-electron chi connectivity index (χ1n) is 4.79. The van der Waals surface area contributed by atoms with E-state index >= 15 is 0 Å². The second-order valence-corrected chi connectivity index (χ2v) is 4.17. The largest absolute Gasteiger partial charge is 0.455 e. The summed E-state index contributed by atoms with van der Waals surface area (Å²) in [5.74, 6) is -1.41. The van der Waals surface area contributed by atoms with E-state index in [0.29, 0.717) is 0 Å². The van der Waals surface area contributed by atoms with E-state index in [4.69, 9.17) is 19.3 Å². The van der Waals surface area contributed by atoms with Gasteiger partial charge in [-0.05, 0) is 13.8 Å². The highest BCUT2D eigenvalue weighted by molar-refractivity contribution is 5.78. The van der Waals surface area contributed by atoms with Crippen LogP contribution in [0.3, 0.4) is 0 Å². The number of aliphatic hydroxyl groups is 2. The first-order chi connectivity index (χ1) is 6.94. The van der Waals surface area contributed by atoms with Gasteiger partial charge in [0.15, 0.2) is 18.0 Å². The van der Waals surface area contributed by atoms with Crippen molar-refractivity contribution >= 4 is 5.97 Å². The average molecular weight is 218 g/mol. The molecule has 2 N–H and O–H groups in total. The van der Waals surface area contributed by atoms with Gasteiger partial charge in [0.25, 0.3) is 0 Å². The van der Waals surface area contributed by atoms with E-state index in [1.165, 1.54) is 0 Å². The number of hydrogen-bond donors (Lipinski definition) is 2. The molecular formula is C9H14O6. The van der Waals surface area contributed by atoms with Crippen molar-refractivity contribution in [1.29, 1.82) is 0 Å². The van der Waals surface area contributed by atoms with E-state index in [1.54, 1.807) is 13.8 Å². The van der Waals surface area contributed by atoms with Crippen molar-refractivity contribution in [2.24, 2.45) is 0 Å².